The van der Waals surface area contributed by atoms with E-state index in [1.54, 1.807) is 0 Å². The summed E-state index contributed by atoms with van der Waals surface area (Å²) in [5, 5.41) is 6.35. The van der Waals surface area contributed by atoms with Gasteiger partial charge in [0, 0.05) is 13.1 Å². The molecule has 0 aliphatic carbocycles. The second-order valence-electron chi connectivity index (χ2n) is 5.10. The van der Waals surface area contributed by atoms with Gasteiger partial charge in [0.2, 0.25) is 5.91 Å². The summed E-state index contributed by atoms with van der Waals surface area (Å²) in [6, 6.07) is 10.3. The summed E-state index contributed by atoms with van der Waals surface area (Å²) in [4.78, 5) is 12.0. The molecule has 2 N–H and O–H groups in total. The molecule has 1 saturated heterocycles. The Morgan fingerprint density at radius 2 is 2.16 bits per heavy atom. The van der Waals surface area contributed by atoms with E-state index >= 15 is 0 Å². The van der Waals surface area contributed by atoms with Crippen LogP contribution in [0, 0.1) is 5.92 Å². The van der Waals surface area contributed by atoms with Crippen molar-refractivity contribution in [3.63, 3.8) is 0 Å². The highest BCUT2D eigenvalue weighted by Crippen LogP contribution is 2.14. The highest BCUT2D eigenvalue weighted by atomic mass is 35.5. The van der Waals surface area contributed by atoms with Gasteiger partial charge < -0.3 is 10.6 Å². The van der Waals surface area contributed by atoms with Crippen molar-refractivity contribution in [3.05, 3.63) is 35.9 Å². The van der Waals surface area contributed by atoms with Gasteiger partial charge in [0.25, 0.3) is 0 Å². The molecular formula is C15H23ClN2O. The van der Waals surface area contributed by atoms with E-state index in [-0.39, 0.29) is 24.2 Å². The molecule has 1 heterocycles. The average molecular weight is 283 g/mol. The minimum Gasteiger partial charge on any atom is -0.355 e. The first kappa shape index (κ1) is 16.0. The Bertz CT molecular complexity index is 377. The lowest BCUT2D eigenvalue weighted by Crippen LogP contribution is -2.41. The fourth-order valence-electron chi connectivity index (χ4n) is 2.37. The Morgan fingerprint density at radius 3 is 2.79 bits per heavy atom. The van der Waals surface area contributed by atoms with Crippen molar-refractivity contribution < 1.29 is 4.79 Å². The molecule has 0 radical (unpaired) electrons. The Balaban J connectivity index is 0.00000180. The van der Waals surface area contributed by atoms with Crippen molar-refractivity contribution >= 4 is 18.3 Å². The van der Waals surface area contributed by atoms with Crippen LogP contribution in [0.15, 0.2) is 30.3 Å². The Labute approximate surface area is 121 Å². The number of carbonyl (C=O) groups is 1. The lowest BCUT2D eigenvalue weighted by molar-refractivity contribution is -0.125. The summed E-state index contributed by atoms with van der Waals surface area (Å²) in [6.45, 7) is 4.74. The van der Waals surface area contributed by atoms with Gasteiger partial charge in [0.05, 0.1) is 5.92 Å². The molecule has 0 aromatic heterocycles. The lowest BCUT2D eigenvalue weighted by atomic mass is 9.97. The van der Waals surface area contributed by atoms with Gasteiger partial charge in [-0.25, -0.2) is 0 Å². The van der Waals surface area contributed by atoms with E-state index in [9.17, 15) is 4.79 Å². The van der Waals surface area contributed by atoms with Gasteiger partial charge in [-0.1, -0.05) is 37.3 Å². The minimum absolute atomic E-state index is 0. The molecule has 1 fully saturated rings. The van der Waals surface area contributed by atoms with E-state index in [2.05, 4.69) is 29.7 Å². The van der Waals surface area contributed by atoms with Crippen LogP contribution in [0.2, 0.25) is 0 Å². The first-order valence-electron chi connectivity index (χ1n) is 6.80. The summed E-state index contributed by atoms with van der Waals surface area (Å²) in [7, 11) is 0. The van der Waals surface area contributed by atoms with Gasteiger partial charge in [0.15, 0.2) is 0 Å². The number of halogens is 1. The predicted molar refractivity (Wildman–Crippen MR) is 80.7 cm³/mol. The third-order valence-corrected chi connectivity index (χ3v) is 3.62. The number of nitrogens with one attached hydrogen (secondary N) is 2. The van der Waals surface area contributed by atoms with E-state index < -0.39 is 0 Å². The molecule has 1 aromatic rings. The summed E-state index contributed by atoms with van der Waals surface area (Å²) in [5.74, 6) is 0.721. The molecule has 1 unspecified atom stereocenters. The van der Waals surface area contributed by atoms with Gasteiger partial charge in [-0.05, 0) is 30.9 Å². The zero-order valence-corrected chi connectivity index (χ0v) is 12.2. The van der Waals surface area contributed by atoms with Crippen LogP contribution in [-0.4, -0.2) is 25.5 Å². The number of rotatable bonds is 4. The largest absolute Gasteiger partial charge is 0.355 e. The standard InChI is InChI=1S/C15H22N2O.ClH/c1-12(13-6-3-2-4-7-13)10-17-15(18)14-8-5-9-16-11-14;/h2-4,6-7,12,14,16H,5,8-11H2,1H3,(H,17,18);1H/t12?,14-;/m1./s1. The van der Waals surface area contributed by atoms with Gasteiger partial charge in [-0.15, -0.1) is 12.4 Å². The van der Waals surface area contributed by atoms with Crippen LogP contribution in [0.4, 0.5) is 0 Å². The number of hydrogen-bond acceptors (Lipinski definition) is 2. The van der Waals surface area contributed by atoms with Crippen molar-refractivity contribution in [3.8, 4) is 0 Å². The van der Waals surface area contributed by atoms with Crippen molar-refractivity contribution in [1.29, 1.82) is 0 Å². The molecule has 0 bridgehead atoms. The third kappa shape index (κ3) is 4.84. The van der Waals surface area contributed by atoms with Crippen LogP contribution in [0.5, 0.6) is 0 Å². The van der Waals surface area contributed by atoms with Crippen LogP contribution in [-0.2, 0) is 4.79 Å². The van der Waals surface area contributed by atoms with Crippen LogP contribution in [0.1, 0.15) is 31.2 Å². The first-order chi connectivity index (χ1) is 8.77. The molecule has 1 aliphatic heterocycles. The predicted octanol–water partition coefficient (Wildman–Crippen LogP) is 2.33. The molecular weight excluding hydrogens is 260 g/mol. The molecule has 106 valence electrons. The maximum absolute atomic E-state index is 12.0. The average Bonchev–Trinajstić information content (AvgIpc) is 2.46. The highest BCUT2D eigenvalue weighted by molar-refractivity contribution is 5.85. The number of carbonyl (C=O) groups excluding carboxylic acids is 1. The summed E-state index contributed by atoms with van der Waals surface area (Å²) >= 11 is 0. The third-order valence-electron chi connectivity index (χ3n) is 3.62. The summed E-state index contributed by atoms with van der Waals surface area (Å²) in [6.07, 6.45) is 2.12. The molecule has 1 aliphatic rings. The Kier molecular flexibility index (Phi) is 6.89. The Morgan fingerprint density at radius 1 is 1.42 bits per heavy atom. The highest BCUT2D eigenvalue weighted by Gasteiger charge is 2.20. The van der Waals surface area contributed by atoms with E-state index in [0.29, 0.717) is 5.92 Å². The molecule has 3 nitrogen and oxygen atoms in total. The fourth-order valence-corrected chi connectivity index (χ4v) is 2.37. The van der Waals surface area contributed by atoms with Crippen molar-refractivity contribution in [1.82, 2.24) is 10.6 Å². The zero-order chi connectivity index (χ0) is 12.8. The maximum Gasteiger partial charge on any atom is 0.224 e. The Hall–Kier alpha value is -1.06. The molecule has 4 heteroatoms. The SMILES string of the molecule is CC(CNC(=O)[C@@H]1CCCNC1)c1ccccc1.Cl. The fraction of sp³-hybridized carbons (Fsp3) is 0.533. The number of hydrogen-bond donors (Lipinski definition) is 2. The second-order valence-corrected chi connectivity index (χ2v) is 5.10. The molecule has 1 amide bonds. The van der Waals surface area contributed by atoms with Crippen LogP contribution < -0.4 is 10.6 Å². The summed E-state index contributed by atoms with van der Waals surface area (Å²) in [5.41, 5.74) is 1.28. The lowest BCUT2D eigenvalue weighted by Gasteiger charge is -2.23. The topological polar surface area (TPSA) is 41.1 Å². The zero-order valence-electron chi connectivity index (χ0n) is 11.4. The van der Waals surface area contributed by atoms with Gasteiger partial charge >= 0.3 is 0 Å². The summed E-state index contributed by atoms with van der Waals surface area (Å²) < 4.78 is 0. The molecule has 0 saturated carbocycles. The quantitative estimate of drug-likeness (QED) is 0.890. The van der Waals surface area contributed by atoms with E-state index in [1.165, 1.54) is 5.56 Å². The second kappa shape index (κ2) is 8.18. The molecule has 2 rings (SSSR count). The van der Waals surface area contributed by atoms with Crippen molar-refractivity contribution in [2.24, 2.45) is 5.92 Å². The maximum atomic E-state index is 12.0. The molecule has 2 atom stereocenters. The minimum atomic E-state index is 0. The molecule has 1 aromatic carbocycles. The normalized spacial score (nSPS) is 20.2. The molecule has 19 heavy (non-hydrogen) atoms. The first-order valence-corrected chi connectivity index (χ1v) is 6.80. The van der Waals surface area contributed by atoms with Crippen molar-refractivity contribution in [2.75, 3.05) is 19.6 Å². The van der Waals surface area contributed by atoms with Gasteiger partial charge in [-0.2, -0.15) is 0 Å². The molecule has 0 spiro atoms. The monoisotopic (exact) mass is 282 g/mol. The van der Waals surface area contributed by atoms with Crippen molar-refractivity contribution in [2.45, 2.75) is 25.7 Å². The van der Waals surface area contributed by atoms with E-state index in [4.69, 9.17) is 0 Å². The van der Waals surface area contributed by atoms with Gasteiger partial charge in [-0.3, -0.25) is 4.79 Å². The number of benzene rings is 1. The number of piperidine rings is 1. The number of amides is 1. The van der Waals surface area contributed by atoms with Crippen LogP contribution in [0.3, 0.4) is 0 Å². The van der Waals surface area contributed by atoms with Crippen LogP contribution in [0.25, 0.3) is 0 Å². The van der Waals surface area contributed by atoms with Gasteiger partial charge in [0.1, 0.15) is 0 Å². The van der Waals surface area contributed by atoms with Crippen LogP contribution >= 0.6 is 12.4 Å². The smallest absolute Gasteiger partial charge is 0.224 e. The van der Waals surface area contributed by atoms with E-state index in [1.807, 2.05) is 18.2 Å². The van der Waals surface area contributed by atoms with E-state index in [0.717, 1.165) is 32.5 Å².